The lowest BCUT2D eigenvalue weighted by molar-refractivity contribution is 0.165. The maximum atomic E-state index is 13.0. The van der Waals surface area contributed by atoms with Crippen molar-refractivity contribution >= 4 is 0 Å². The highest BCUT2D eigenvalue weighted by atomic mass is 19.1. The zero-order valence-electron chi connectivity index (χ0n) is 13.3. The molecule has 1 heterocycles. The predicted molar refractivity (Wildman–Crippen MR) is 83.6 cm³/mol. The van der Waals surface area contributed by atoms with E-state index in [1.54, 1.807) is 6.07 Å². The number of pyridine rings is 1. The summed E-state index contributed by atoms with van der Waals surface area (Å²) < 4.78 is 13.0. The van der Waals surface area contributed by atoms with Crippen LogP contribution in [0.15, 0.2) is 18.3 Å². The van der Waals surface area contributed by atoms with Gasteiger partial charge in [-0.3, -0.25) is 4.98 Å². The van der Waals surface area contributed by atoms with Gasteiger partial charge in [0.2, 0.25) is 0 Å². The first-order valence-electron chi connectivity index (χ1n) is 7.74. The van der Waals surface area contributed by atoms with Crippen LogP contribution in [0.4, 0.5) is 4.39 Å². The maximum Gasteiger partial charge on any atom is 0.141 e. The average Bonchev–Trinajstić information content (AvgIpc) is 2.47. The number of aromatic nitrogens is 1. The molecule has 0 spiro atoms. The van der Waals surface area contributed by atoms with E-state index >= 15 is 0 Å². The highest BCUT2D eigenvalue weighted by Crippen LogP contribution is 2.21. The molecule has 2 atom stereocenters. The molecule has 2 unspecified atom stereocenters. The lowest BCUT2D eigenvalue weighted by Gasteiger charge is -2.29. The molecule has 0 amide bonds. The van der Waals surface area contributed by atoms with Gasteiger partial charge in [0.1, 0.15) is 5.82 Å². The van der Waals surface area contributed by atoms with Crippen LogP contribution in [0.1, 0.15) is 38.4 Å². The molecule has 0 bridgehead atoms. The molecule has 0 aliphatic rings. The van der Waals surface area contributed by atoms with Crippen molar-refractivity contribution in [2.24, 2.45) is 5.92 Å². The summed E-state index contributed by atoms with van der Waals surface area (Å²) in [4.78, 5) is 6.46. The van der Waals surface area contributed by atoms with Crippen LogP contribution >= 0.6 is 0 Å². The summed E-state index contributed by atoms with van der Waals surface area (Å²) in [6, 6.07) is 3.26. The number of nitrogens with one attached hydrogen (secondary N) is 1. The number of hydrogen-bond acceptors (Lipinski definition) is 4. The van der Waals surface area contributed by atoms with Crippen LogP contribution in [-0.2, 0) is 0 Å². The second-order valence-electron chi connectivity index (χ2n) is 5.52. The summed E-state index contributed by atoms with van der Waals surface area (Å²) in [6.45, 7) is 7.06. The zero-order valence-corrected chi connectivity index (χ0v) is 13.3. The number of aliphatic hydroxyl groups excluding tert-OH is 1. The third-order valence-corrected chi connectivity index (χ3v) is 3.74. The molecule has 1 rings (SSSR count). The normalized spacial score (nSPS) is 14.4. The van der Waals surface area contributed by atoms with Gasteiger partial charge in [-0.25, -0.2) is 4.39 Å². The minimum Gasteiger partial charge on any atom is -0.395 e. The molecule has 1 aromatic heterocycles. The number of aliphatic hydroxyl groups is 1. The first-order valence-corrected chi connectivity index (χ1v) is 7.74. The maximum absolute atomic E-state index is 13.0. The van der Waals surface area contributed by atoms with Crippen molar-refractivity contribution in [3.8, 4) is 0 Å². The molecule has 4 nitrogen and oxygen atoms in total. The van der Waals surface area contributed by atoms with Crippen molar-refractivity contribution in [1.82, 2.24) is 15.2 Å². The molecule has 120 valence electrons. The molecule has 1 aromatic rings. The smallest absolute Gasteiger partial charge is 0.141 e. The fourth-order valence-corrected chi connectivity index (χ4v) is 2.63. The largest absolute Gasteiger partial charge is 0.395 e. The number of rotatable bonds is 10. The summed E-state index contributed by atoms with van der Waals surface area (Å²) in [5.74, 6) is 0.00229. The number of unbranched alkanes of at least 4 members (excludes halogenated alkanes) is 1. The van der Waals surface area contributed by atoms with Crippen LogP contribution in [0, 0.1) is 11.7 Å². The topological polar surface area (TPSA) is 48.4 Å². The Balaban J connectivity index is 2.67. The van der Waals surface area contributed by atoms with Gasteiger partial charge >= 0.3 is 0 Å². The number of halogens is 1. The van der Waals surface area contributed by atoms with Crippen molar-refractivity contribution in [3.63, 3.8) is 0 Å². The highest BCUT2D eigenvalue weighted by molar-refractivity contribution is 5.10. The Morgan fingerprint density at radius 2 is 2.14 bits per heavy atom. The first kappa shape index (κ1) is 18.0. The first-order chi connectivity index (χ1) is 10.1. The Bertz CT molecular complexity index is 386. The van der Waals surface area contributed by atoms with Gasteiger partial charge in [-0.05, 0) is 38.1 Å². The Hall–Kier alpha value is -1.04. The quantitative estimate of drug-likeness (QED) is 0.695. The second-order valence-corrected chi connectivity index (χ2v) is 5.52. The molecule has 0 saturated heterocycles. The van der Waals surface area contributed by atoms with Gasteiger partial charge in [-0.2, -0.15) is 0 Å². The van der Waals surface area contributed by atoms with Crippen LogP contribution < -0.4 is 5.32 Å². The Labute approximate surface area is 127 Å². The van der Waals surface area contributed by atoms with Crippen LogP contribution in [-0.4, -0.2) is 48.3 Å². The monoisotopic (exact) mass is 297 g/mol. The van der Waals surface area contributed by atoms with Gasteiger partial charge in [-0.15, -0.1) is 0 Å². The van der Waals surface area contributed by atoms with Crippen molar-refractivity contribution in [3.05, 3.63) is 29.8 Å². The molecule has 5 heteroatoms. The average molecular weight is 297 g/mol. The van der Waals surface area contributed by atoms with Crippen LogP contribution in [0.5, 0.6) is 0 Å². The second kappa shape index (κ2) is 9.82. The lowest BCUT2D eigenvalue weighted by Crippen LogP contribution is -2.37. The number of nitrogens with zero attached hydrogens (tertiary/aromatic N) is 2. The van der Waals surface area contributed by atoms with Crippen LogP contribution in [0.3, 0.4) is 0 Å². The predicted octanol–water partition coefficient (Wildman–Crippen LogP) is 2.21. The third-order valence-electron chi connectivity index (χ3n) is 3.74. The minimum absolute atomic E-state index is 0.0772. The van der Waals surface area contributed by atoms with Gasteiger partial charge in [0.25, 0.3) is 0 Å². The summed E-state index contributed by atoms with van der Waals surface area (Å²) in [5.41, 5.74) is 0.853. The van der Waals surface area contributed by atoms with Crippen LogP contribution in [0.25, 0.3) is 0 Å². The summed E-state index contributed by atoms with van der Waals surface area (Å²) in [6.07, 6.45) is 3.53. The molecule has 0 radical (unpaired) electrons. The van der Waals surface area contributed by atoms with E-state index in [4.69, 9.17) is 0 Å². The molecule has 2 N–H and O–H groups in total. The van der Waals surface area contributed by atoms with Crippen molar-refractivity contribution in [1.29, 1.82) is 0 Å². The summed E-state index contributed by atoms with van der Waals surface area (Å²) >= 11 is 0. The molecule has 0 aromatic carbocycles. The molecular weight excluding hydrogens is 269 g/mol. The van der Waals surface area contributed by atoms with E-state index in [1.807, 2.05) is 7.05 Å². The molecule has 21 heavy (non-hydrogen) atoms. The van der Waals surface area contributed by atoms with E-state index in [9.17, 15) is 9.50 Å². The van der Waals surface area contributed by atoms with Crippen molar-refractivity contribution < 1.29 is 9.50 Å². The van der Waals surface area contributed by atoms with Crippen molar-refractivity contribution in [2.45, 2.75) is 32.7 Å². The standard InChI is InChI=1S/C16H28FN3O/c1-4-5-8-20(9-10-21)12-13(2)16(18-3)15-7-6-14(17)11-19-15/h6-7,11,13,16,18,21H,4-5,8-10,12H2,1-3H3. The Morgan fingerprint density at radius 1 is 1.38 bits per heavy atom. The minimum atomic E-state index is -0.314. The van der Waals surface area contributed by atoms with E-state index in [2.05, 4.69) is 29.0 Å². The van der Waals surface area contributed by atoms with Gasteiger partial charge in [-0.1, -0.05) is 20.3 Å². The van der Waals surface area contributed by atoms with Gasteiger partial charge < -0.3 is 15.3 Å². The molecular formula is C16H28FN3O. The van der Waals surface area contributed by atoms with E-state index in [0.717, 1.165) is 31.6 Å². The van der Waals surface area contributed by atoms with E-state index in [-0.39, 0.29) is 18.5 Å². The molecule has 0 aliphatic heterocycles. The van der Waals surface area contributed by atoms with E-state index < -0.39 is 0 Å². The van der Waals surface area contributed by atoms with E-state index in [0.29, 0.717) is 12.5 Å². The van der Waals surface area contributed by atoms with Gasteiger partial charge in [0.05, 0.1) is 24.5 Å². The van der Waals surface area contributed by atoms with Crippen LogP contribution in [0.2, 0.25) is 0 Å². The SMILES string of the molecule is CCCCN(CCO)CC(C)C(NC)c1ccc(F)cn1. The van der Waals surface area contributed by atoms with Gasteiger partial charge in [0.15, 0.2) is 0 Å². The highest BCUT2D eigenvalue weighted by Gasteiger charge is 2.21. The number of hydrogen-bond donors (Lipinski definition) is 2. The van der Waals surface area contributed by atoms with E-state index in [1.165, 1.54) is 12.3 Å². The molecule has 0 aliphatic carbocycles. The van der Waals surface area contributed by atoms with Gasteiger partial charge in [0, 0.05) is 13.1 Å². The summed E-state index contributed by atoms with van der Waals surface area (Å²) in [5, 5.41) is 12.4. The third kappa shape index (κ3) is 6.08. The molecule has 0 fully saturated rings. The lowest BCUT2D eigenvalue weighted by atomic mass is 9.97. The molecule has 0 saturated carbocycles. The summed E-state index contributed by atoms with van der Waals surface area (Å²) in [7, 11) is 1.90. The Morgan fingerprint density at radius 3 is 2.67 bits per heavy atom. The van der Waals surface area contributed by atoms with Crippen molar-refractivity contribution in [2.75, 3.05) is 33.3 Å². The fraction of sp³-hybridized carbons (Fsp3) is 0.688. The zero-order chi connectivity index (χ0) is 15.7. The Kier molecular flexibility index (Phi) is 8.42. The fourth-order valence-electron chi connectivity index (χ4n) is 2.63.